The molecule has 1 rings (SSSR count). The van der Waals surface area contributed by atoms with E-state index in [0.29, 0.717) is 0 Å². The number of carbonyl (C=O) groups is 2. The van der Waals surface area contributed by atoms with E-state index in [1.54, 1.807) is 0 Å². The minimum Gasteiger partial charge on any atom is -0.453 e. The molecule has 0 radical (unpaired) electrons. The third-order valence-electron chi connectivity index (χ3n) is 2.98. The Hall–Kier alpha value is -1.06. The van der Waals surface area contributed by atoms with E-state index in [1.165, 1.54) is 7.11 Å². The Kier molecular flexibility index (Phi) is 3.72. The van der Waals surface area contributed by atoms with Gasteiger partial charge in [0.2, 0.25) is 0 Å². The van der Waals surface area contributed by atoms with E-state index < -0.39 is 11.6 Å². The fourth-order valence-electron chi connectivity index (χ4n) is 2.21. The number of carbonyl (C=O) groups excluding carboxylic acids is 2. The zero-order valence-corrected chi connectivity index (χ0v) is 9.63. The van der Waals surface area contributed by atoms with Gasteiger partial charge in [0, 0.05) is 5.92 Å². The monoisotopic (exact) mass is 213 g/mol. The molecule has 4 nitrogen and oxygen atoms in total. The summed E-state index contributed by atoms with van der Waals surface area (Å²) in [5.41, 5.74) is -0.665. The Morgan fingerprint density at radius 3 is 2.20 bits per heavy atom. The second-order valence-corrected chi connectivity index (χ2v) is 4.42. The van der Waals surface area contributed by atoms with Crippen molar-refractivity contribution >= 4 is 11.9 Å². The molecule has 1 amide bonds. The van der Waals surface area contributed by atoms with Crippen molar-refractivity contribution in [1.29, 1.82) is 0 Å². The maximum atomic E-state index is 12.0. The summed E-state index contributed by atoms with van der Waals surface area (Å²) < 4.78 is 4.56. The topological polar surface area (TPSA) is 55.4 Å². The smallest absolute Gasteiger partial charge is 0.407 e. The van der Waals surface area contributed by atoms with Gasteiger partial charge in [-0.1, -0.05) is 26.7 Å². The van der Waals surface area contributed by atoms with Crippen LogP contribution in [0.15, 0.2) is 0 Å². The van der Waals surface area contributed by atoms with Crippen molar-refractivity contribution < 1.29 is 14.3 Å². The van der Waals surface area contributed by atoms with Crippen molar-refractivity contribution in [3.63, 3.8) is 0 Å². The summed E-state index contributed by atoms with van der Waals surface area (Å²) in [5, 5.41) is 2.71. The predicted octanol–water partition coefficient (Wildman–Crippen LogP) is 1.88. The zero-order chi connectivity index (χ0) is 11.5. The van der Waals surface area contributed by atoms with Gasteiger partial charge in [-0.15, -0.1) is 0 Å². The van der Waals surface area contributed by atoms with Crippen molar-refractivity contribution in [1.82, 2.24) is 5.32 Å². The highest BCUT2D eigenvalue weighted by Gasteiger charge is 2.43. The summed E-state index contributed by atoms with van der Waals surface area (Å²) in [6, 6.07) is 0. The molecule has 86 valence electrons. The van der Waals surface area contributed by atoms with Gasteiger partial charge in [0.15, 0.2) is 5.78 Å². The highest BCUT2D eigenvalue weighted by molar-refractivity contribution is 5.93. The molecule has 0 atom stereocenters. The number of nitrogens with one attached hydrogen (secondary N) is 1. The SMILES string of the molecule is COC(=O)NC1(C(=O)C(C)C)CCCC1. The third kappa shape index (κ3) is 2.49. The lowest BCUT2D eigenvalue weighted by Crippen LogP contribution is -2.54. The van der Waals surface area contributed by atoms with Crippen molar-refractivity contribution in [3.05, 3.63) is 0 Å². The van der Waals surface area contributed by atoms with Crippen molar-refractivity contribution in [3.8, 4) is 0 Å². The van der Waals surface area contributed by atoms with Crippen LogP contribution >= 0.6 is 0 Å². The van der Waals surface area contributed by atoms with Crippen LogP contribution in [0.2, 0.25) is 0 Å². The molecule has 1 fully saturated rings. The quantitative estimate of drug-likeness (QED) is 0.778. The molecule has 0 spiro atoms. The summed E-state index contributed by atoms with van der Waals surface area (Å²) in [6.45, 7) is 3.72. The molecule has 0 aromatic carbocycles. The molecule has 15 heavy (non-hydrogen) atoms. The summed E-state index contributed by atoms with van der Waals surface area (Å²) in [5.74, 6) is 0.0608. The van der Waals surface area contributed by atoms with Crippen molar-refractivity contribution in [2.24, 2.45) is 5.92 Å². The molecular formula is C11H19NO3. The van der Waals surface area contributed by atoms with Crippen LogP contribution in [-0.2, 0) is 9.53 Å². The number of ether oxygens (including phenoxy) is 1. The van der Waals surface area contributed by atoms with Crippen LogP contribution in [0.1, 0.15) is 39.5 Å². The molecule has 0 aromatic rings. The first-order chi connectivity index (χ1) is 7.02. The Bertz CT molecular complexity index is 255. The van der Waals surface area contributed by atoms with Gasteiger partial charge in [0.1, 0.15) is 5.54 Å². The minimum absolute atomic E-state index is 0.0553. The van der Waals surface area contributed by atoms with E-state index in [9.17, 15) is 9.59 Å². The fraction of sp³-hybridized carbons (Fsp3) is 0.818. The first-order valence-corrected chi connectivity index (χ1v) is 5.42. The molecule has 4 heteroatoms. The fourth-order valence-corrected chi connectivity index (χ4v) is 2.21. The number of hydrogen-bond donors (Lipinski definition) is 1. The number of Topliss-reactive ketones (excluding diaryl/α,β-unsaturated/α-hetero) is 1. The highest BCUT2D eigenvalue weighted by atomic mass is 16.5. The normalized spacial score (nSPS) is 18.9. The molecular weight excluding hydrogens is 194 g/mol. The molecule has 0 bridgehead atoms. The number of amides is 1. The lowest BCUT2D eigenvalue weighted by atomic mass is 9.86. The average Bonchev–Trinajstić information content (AvgIpc) is 2.66. The number of alkyl carbamates (subject to hydrolysis) is 1. The van der Waals surface area contributed by atoms with Gasteiger partial charge in [0.05, 0.1) is 7.11 Å². The predicted molar refractivity (Wildman–Crippen MR) is 56.6 cm³/mol. The Morgan fingerprint density at radius 1 is 1.27 bits per heavy atom. The Balaban J connectivity index is 2.79. The third-order valence-corrected chi connectivity index (χ3v) is 2.98. The number of hydrogen-bond acceptors (Lipinski definition) is 3. The second-order valence-electron chi connectivity index (χ2n) is 4.42. The molecule has 0 unspecified atom stereocenters. The van der Waals surface area contributed by atoms with Crippen LogP contribution in [0.4, 0.5) is 4.79 Å². The van der Waals surface area contributed by atoms with E-state index >= 15 is 0 Å². The molecule has 1 aliphatic rings. The minimum atomic E-state index is -0.665. The summed E-state index contributed by atoms with van der Waals surface area (Å²) in [6.07, 6.45) is 2.94. The molecule has 0 aliphatic heterocycles. The summed E-state index contributed by atoms with van der Waals surface area (Å²) in [4.78, 5) is 23.3. The van der Waals surface area contributed by atoms with E-state index in [0.717, 1.165) is 25.7 Å². The molecule has 1 aliphatic carbocycles. The van der Waals surface area contributed by atoms with Gasteiger partial charge in [-0.2, -0.15) is 0 Å². The number of ketones is 1. The first-order valence-electron chi connectivity index (χ1n) is 5.42. The van der Waals surface area contributed by atoms with Gasteiger partial charge < -0.3 is 10.1 Å². The van der Waals surface area contributed by atoms with E-state index in [2.05, 4.69) is 10.1 Å². The highest BCUT2D eigenvalue weighted by Crippen LogP contribution is 2.32. The van der Waals surface area contributed by atoms with Crippen LogP contribution in [0.5, 0.6) is 0 Å². The van der Waals surface area contributed by atoms with Gasteiger partial charge in [0.25, 0.3) is 0 Å². The maximum absolute atomic E-state index is 12.0. The largest absolute Gasteiger partial charge is 0.453 e. The zero-order valence-electron chi connectivity index (χ0n) is 9.63. The van der Waals surface area contributed by atoms with Crippen LogP contribution in [-0.4, -0.2) is 24.5 Å². The van der Waals surface area contributed by atoms with Gasteiger partial charge in [-0.25, -0.2) is 4.79 Å². The van der Waals surface area contributed by atoms with Crippen LogP contribution in [0.3, 0.4) is 0 Å². The lowest BCUT2D eigenvalue weighted by molar-refractivity contribution is -0.128. The second kappa shape index (κ2) is 4.64. The van der Waals surface area contributed by atoms with Gasteiger partial charge in [-0.05, 0) is 12.8 Å². The lowest BCUT2D eigenvalue weighted by Gasteiger charge is -2.29. The molecule has 1 saturated carbocycles. The Labute approximate surface area is 90.4 Å². The number of methoxy groups -OCH3 is 1. The van der Waals surface area contributed by atoms with Crippen molar-refractivity contribution in [2.45, 2.75) is 45.1 Å². The van der Waals surface area contributed by atoms with Crippen molar-refractivity contribution in [2.75, 3.05) is 7.11 Å². The van der Waals surface area contributed by atoms with E-state index in [-0.39, 0.29) is 11.7 Å². The average molecular weight is 213 g/mol. The van der Waals surface area contributed by atoms with Crippen LogP contribution in [0.25, 0.3) is 0 Å². The van der Waals surface area contributed by atoms with Gasteiger partial charge in [-0.3, -0.25) is 4.79 Å². The maximum Gasteiger partial charge on any atom is 0.407 e. The standard InChI is InChI=1S/C11H19NO3/c1-8(2)9(13)11(6-4-5-7-11)12-10(14)15-3/h8H,4-7H2,1-3H3,(H,12,14). The van der Waals surface area contributed by atoms with E-state index in [1.807, 2.05) is 13.8 Å². The first kappa shape index (κ1) is 12.0. The van der Waals surface area contributed by atoms with E-state index in [4.69, 9.17) is 0 Å². The van der Waals surface area contributed by atoms with Crippen LogP contribution in [0, 0.1) is 5.92 Å². The number of rotatable bonds is 3. The Morgan fingerprint density at radius 2 is 1.80 bits per heavy atom. The molecule has 0 heterocycles. The summed E-state index contributed by atoms with van der Waals surface area (Å²) >= 11 is 0. The van der Waals surface area contributed by atoms with Crippen LogP contribution < -0.4 is 5.32 Å². The molecule has 0 aromatic heterocycles. The summed E-state index contributed by atoms with van der Waals surface area (Å²) in [7, 11) is 1.32. The molecule has 0 saturated heterocycles. The van der Waals surface area contributed by atoms with Gasteiger partial charge >= 0.3 is 6.09 Å². The molecule has 1 N–H and O–H groups in total.